The first-order chi connectivity index (χ1) is 13.0. The molecule has 0 radical (unpaired) electrons. The lowest BCUT2D eigenvalue weighted by atomic mass is 10.0. The van der Waals surface area contributed by atoms with Crippen LogP contribution in [0.1, 0.15) is 37.8 Å². The first-order valence-electron chi connectivity index (χ1n) is 9.94. The predicted molar refractivity (Wildman–Crippen MR) is 112 cm³/mol. The fraction of sp³-hybridized carbons (Fsp3) is 0.435. The van der Waals surface area contributed by atoms with E-state index >= 15 is 0 Å². The second kappa shape index (κ2) is 9.16. The number of anilines is 1. The maximum atomic E-state index is 12.8. The van der Waals surface area contributed by atoms with E-state index in [1.165, 1.54) is 11.1 Å². The number of benzene rings is 2. The molecule has 2 aromatic carbocycles. The van der Waals surface area contributed by atoms with Crippen molar-refractivity contribution in [3.05, 3.63) is 65.7 Å². The molecule has 1 saturated heterocycles. The lowest BCUT2D eigenvalue weighted by Crippen LogP contribution is -2.52. The van der Waals surface area contributed by atoms with Gasteiger partial charge in [0.2, 0.25) is 5.91 Å². The minimum atomic E-state index is -0.121. The molecule has 1 amide bonds. The van der Waals surface area contributed by atoms with Crippen LogP contribution in [0.2, 0.25) is 0 Å². The van der Waals surface area contributed by atoms with Gasteiger partial charge in [0.15, 0.2) is 0 Å². The first-order valence-corrected chi connectivity index (χ1v) is 9.94. The van der Waals surface area contributed by atoms with Gasteiger partial charge in [-0.1, -0.05) is 62.4 Å². The summed E-state index contributed by atoms with van der Waals surface area (Å²) in [5.41, 5.74) is 3.47. The Bertz CT molecular complexity index is 736. The van der Waals surface area contributed by atoms with Gasteiger partial charge in [-0.25, -0.2) is 0 Å². The van der Waals surface area contributed by atoms with Crippen LogP contribution >= 0.6 is 0 Å². The van der Waals surface area contributed by atoms with Gasteiger partial charge in [-0.2, -0.15) is 0 Å². The molecule has 0 bridgehead atoms. The van der Waals surface area contributed by atoms with E-state index in [4.69, 9.17) is 0 Å². The van der Waals surface area contributed by atoms with Gasteiger partial charge < -0.3 is 5.32 Å². The van der Waals surface area contributed by atoms with Gasteiger partial charge in [-0.05, 0) is 30.0 Å². The highest BCUT2D eigenvalue weighted by atomic mass is 16.2. The predicted octanol–water partition coefficient (Wildman–Crippen LogP) is 3.95. The second-order valence-electron chi connectivity index (χ2n) is 7.70. The third-order valence-electron chi connectivity index (χ3n) is 5.42. The van der Waals surface area contributed by atoms with Crippen molar-refractivity contribution in [1.82, 2.24) is 9.80 Å². The number of nitrogens with one attached hydrogen (secondary N) is 1. The molecular weight excluding hydrogens is 334 g/mol. The fourth-order valence-corrected chi connectivity index (χ4v) is 3.67. The Kier molecular flexibility index (Phi) is 6.64. The zero-order chi connectivity index (χ0) is 19.2. The zero-order valence-corrected chi connectivity index (χ0v) is 16.7. The summed E-state index contributed by atoms with van der Waals surface area (Å²) in [6.45, 7) is 11.1. The van der Waals surface area contributed by atoms with Crippen molar-refractivity contribution >= 4 is 11.6 Å². The Morgan fingerprint density at radius 3 is 2.22 bits per heavy atom. The molecule has 27 heavy (non-hydrogen) atoms. The number of para-hydroxylation sites is 1. The van der Waals surface area contributed by atoms with Gasteiger partial charge in [-0.15, -0.1) is 0 Å². The molecule has 1 unspecified atom stereocenters. The Hall–Kier alpha value is -2.17. The Balaban J connectivity index is 1.53. The Morgan fingerprint density at radius 2 is 1.56 bits per heavy atom. The summed E-state index contributed by atoms with van der Waals surface area (Å²) in [6, 6.07) is 18.6. The molecule has 1 aliphatic heterocycles. The number of amides is 1. The average molecular weight is 366 g/mol. The van der Waals surface area contributed by atoms with Crippen molar-refractivity contribution in [2.24, 2.45) is 0 Å². The molecule has 0 aromatic heterocycles. The molecule has 0 saturated carbocycles. The highest BCUT2D eigenvalue weighted by Crippen LogP contribution is 2.24. The number of hydrogen-bond acceptors (Lipinski definition) is 3. The summed E-state index contributed by atoms with van der Waals surface area (Å²) in [7, 11) is 0. The van der Waals surface area contributed by atoms with Gasteiger partial charge in [-0.3, -0.25) is 14.6 Å². The van der Waals surface area contributed by atoms with Crippen LogP contribution in [0.5, 0.6) is 0 Å². The number of piperazine rings is 1. The third kappa shape index (κ3) is 5.18. The molecule has 0 aliphatic carbocycles. The van der Waals surface area contributed by atoms with E-state index in [1.54, 1.807) is 0 Å². The summed E-state index contributed by atoms with van der Waals surface area (Å²) in [6.07, 6.45) is 0. The second-order valence-corrected chi connectivity index (χ2v) is 7.70. The molecule has 1 fully saturated rings. The van der Waals surface area contributed by atoms with Crippen molar-refractivity contribution in [1.29, 1.82) is 0 Å². The highest BCUT2D eigenvalue weighted by Gasteiger charge is 2.26. The van der Waals surface area contributed by atoms with Gasteiger partial charge >= 0.3 is 0 Å². The van der Waals surface area contributed by atoms with Crippen LogP contribution in [0.3, 0.4) is 0 Å². The molecule has 0 spiro atoms. The van der Waals surface area contributed by atoms with Crippen LogP contribution in [0.4, 0.5) is 5.69 Å². The van der Waals surface area contributed by atoms with Crippen LogP contribution in [-0.2, 0) is 11.3 Å². The smallest absolute Gasteiger partial charge is 0.241 e. The topological polar surface area (TPSA) is 35.6 Å². The SMILES string of the molecule is CC(C)c1ccccc1NC(=O)C(C)N1CCN(Cc2ccccc2)CC1. The highest BCUT2D eigenvalue weighted by molar-refractivity contribution is 5.95. The third-order valence-corrected chi connectivity index (χ3v) is 5.42. The van der Waals surface area contributed by atoms with Crippen LogP contribution in [0.15, 0.2) is 54.6 Å². The van der Waals surface area contributed by atoms with E-state index < -0.39 is 0 Å². The maximum absolute atomic E-state index is 12.8. The summed E-state index contributed by atoms with van der Waals surface area (Å²) < 4.78 is 0. The van der Waals surface area contributed by atoms with E-state index in [2.05, 4.69) is 65.4 Å². The van der Waals surface area contributed by atoms with E-state index in [1.807, 2.05) is 25.1 Å². The van der Waals surface area contributed by atoms with Crippen molar-refractivity contribution in [2.75, 3.05) is 31.5 Å². The largest absolute Gasteiger partial charge is 0.324 e. The normalized spacial score (nSPS) is 17.0. The Labute approximate surface area is 163 Å². The first kappa shape index (κ1) is 19.6. The van der Waals surface area contributed by atoms with Gasteiger partial charge in [0, 0.05) is 38.4 Å². The minimum Gasteiger partial charge on any atom is -0.324 e. The number of carbonyl (C=O) groups excluding carboxylic acids is 1. The van der Waals surface area contributed by atoms with Crippen LogP contribution in [0, 0.1) is 0 Å². The molecule has 144 valence electrons. The van der Waals surface area contributed by atoms with E-state index in [9.17, 15) is 4.79 Å². The quantitative estimate of drug-likeness (QED) is 0.842. The molecule has 1 heterocycles. The number of hydrogen-bond donors (Lipinski definition) is 1. The van der Waals surface area contributed by atoms with E-state index in [0.29, 0.717) is 5.92 Å². The summed E-state index contributed by atoms with van der Waals surface area (Å²) in [5.74, 6) is 0.470. The average Bonchev–Trinajstić information content (AvgIpc) is 2.69. The molecule has 1 atom stereocenters. The molecule has 2 aromatic rings. The van der Waals surface area contributed by atoms with Gasteiger partial charge in [0.05, 0.1) is 6.04 Å². The number of rotatable bonds is 6. The van der Waals surface area contributed by atoms with E-state index in [0.717, 1.165) is 38.4 Å². The van der Waals surface area contributed by atoms with Gasteiger partial charge in [0.25, 0.3) is 0 Å². The molecule has 4 heteroatoms. The van der Waals surface area contributed by atoms with Crippen molar-refractivity contribution in [3.8, 4) is 0 Å². The number of carbonyl (C=O) groups is 1. The standard InChI is InChI=1S/C23H31N3O/c1-18(2)21-11-7-8-12-22(21)24-23(27)19(3)26-15-13-25(14-16-26)17-20-9-5-4-6-10-20/h4-12,18-19H,13-17H2,1-3H3,(H,24,27). The van der Waals surface area contributed by atoms with Crippen molar-refractivity contribution in [3.63, 3.8) is 0 Å². The lowest BCUT2D eigenvalue weighted by Gasteiger charge is -2.37. The molecule has 3 rings (SSSR count). The molecule has 1 aliphatic rings. The zero-order valence-electron chi connectivity index (χ0n) is 16.7. The molecule has 4 nitrogen and oxygen atoms in total. The fourth-order valence-electron chi connectivity index (χ4n) is 3.67. The lowest BCUT2D eigenvalue weighted by molar-refractivity contribution is -0.121. The van der Waals surface area contributed by atoms with Crippen LogP contribution in [-0.4, -0.2) is 47.9 Å². The molecular formula is C23H31N3O. The minimum absolute atomic E-state index is 0.0830. The van der Waals surface area contributed by atoms with Crippen molar-refractivity contribution < 1.29 is 4.79 Å². The Morgan fingerprint density at radius 1 is 0.926 bits per heavy atom. The maximum Gasteiger partial charge on any atom is 0.241 e. The summed E-state index contributed by atoms with van der Waals surface area (Å²) >= 11 is 0. The monoisotopic (exact) mass is 365 g/mol. The summed E-state index contributed by atoms with van der Waals surface area (Å²) in [4.78, 5) is 17.5. The molecule has 1 N–H and O–H groups in total. The van der Waals surface area contributed by atoms with E-state index in [-0.39, 0.29) is 11.9 Å². The number of nitrogens with zero attached hydrogens (tertiary/aromatic N) is 2. The van der Waals surface area contributed by atoms with Crippen LogP contribution in [0.25, 0.3) is 0 Å². The summed E-state index contributed by atoms with van der Waals surface area (Å²) in [5, 5.41) is 3.15. The van der Waals surface area contributed by atoms with Crippen molar-refractivity contribution in [2.45, 2.75) is 39.3 Å². The van der Waals surface area contributed by atoms with Crippen LogP contribution < -0.4 is 5.32 Å². The van der Waals surface area contributed by atoms with Gasteiger partial charge in [0.1, 0.15) is 0 Å².